The van der Waals surface area contributed by atoms with Gasteiger partial charge in [0.05, 0.1) is 20.8 Å². The number of hydrogen-bond acceptors (Lipinski definition) is 8. The molecule has 0 spiro atoms. The van der Waals surface area contributed by atoms with E-state index in [9.17, 15) is 4.79 Å². The molecule has 1 amide bonds. The number of hydrazine groups is 1. The monoisotopic (exact) mass is 663 g/mol. The van der Waals surface area contributed by atoms with Gasteiger partial charge in [0.15, 0.2) is 11.6 Å². The molecule has 1 aliphatic heterocycles. The fraction of sp³-hybridized carbons (Fsp3) is 0.257. The quantitative estimate of drug-likeness (QED) is 0.111. The van der Waals surface area contributed by atoms with E-state index >= 15 is 0 Å². The number of nitrogens with one attached hydrogen (secondary N) is 2. The Morgan fingerprint density at radius 2 is 1.72 bits per heavy atom. The van der Waals surface area contributed by atoms with Crippen molar-refractivity contribution in [2.24, 2.45) is 4.99 Å². The zero-order chi connectivity index (χ0) is 32.5. The minimum absolute atomic E-state index is 0.0471. The summed E-state index contributed by atoms with van der Waals surface area (Å²) in [6.07, 6.45) is -0.162. The topological polar surface area (TPSA) is 111 Å². The summed E-state index contributed by atoms with van der Waals surface area (Å²) >= 11 is 13.0. The largest absolute Gasteiger partial charge is 0.497 e. The Balaban J connectivity index is 1.51. The summed E-state index contributed by atoms with van der Waals surface area (Å²) in [5.74, 6) is 1.77. The molecule has 0 unspecified atom stereocenters. The second kappa shape index (κ2) is 15.3. The van der Waals surface area contributed by atoms with Crippen molar-refractivity contribution < 1.29 is 28.8 Å². The Labute approximate surface area is 278 Å². The van der Waals surface area contributed by atoms with E-state index in [2.05, 4.69) is 10.9 Å². The van der Waals surface area contributed by atoms with E-state index < -0.39 is 17.6 Å². The smallest absolute Gasteiger partial charge is 0.266 e. The minimum Gasteiger partial charge on any atom is -0.497 e. The molecular weight excluding hydrogens is 629 g/mol. The third kappa shape index (κ3) is 7.57. The number of methoxy groups -OCH3 is 2. The van der Waals surface area contributed by atoms with Crippen molar-refractivity contribution >= 4 is 35.0 Å². The van der Waals surface area contributed by atoms with Gasteiger partial charge in [0.2, 0.25) is 5.90 Å². The summed E-state index contributed by atoms with van der Waals surface area (Å²) in [6.45, 7) is 0.702. The number of amides is 1. The van der Waals surface area contributed by atoms with E-state index in [4.69, 9.17) is 52.2 Å². The lowest BCUT2D eigenvalue weighted by Gasteiger charge is -2.31. The number of nitrogens with zero attached hydrogens (tertiary/aromatic N) is 1. The van der Waals surface area contributed by atoms with Crippen LogP contribution in [-0.4, -0.2) is 49.9 Å². The second-order valence-corrected chi connectivity index (χ2v) is 11.4. The molecule has 0 bridgehead atoms. The number of aliphatic hydroxyl groups is 1. The number of halogens is 2. The van der Waals surface area contributed by atoms with Crippen LogP contribution in [0.1, 0.15) is 34.8 Å². The van der Waals surface area contributed by atoms with Crippen molar-refractivity contribution in [2.75, 3.05) is 27.4 Å². The van der Waals surface area contributed by atoms with Crippen LogP contribution in [0.15, 0.2) is 96.0 Å². The summed E-state index contributed by atoms with van der Waals surface area (Å²) in [4.78, 5) is 19.5. The van der Waals surface area contributed by atoms with Gasteiger partial charge in [-0.3, -0.25) is 10.2 Å². The Kier molecular flexibility index (Phi) is 11.0. The molecule has 0 fully saturated rings. The molecule has 0 aromatic heterocycles. The third-order valence-corrected chi connectivity index (χ3v) is 8.13. The fourth-order valence-corrected chi connectivity index (χ4v) is 5.71. The Morgan fingerprint density at radius 3 is 2.41 bits per heavy atom. The molecule has 4 aromatic carbocycles. The molecule has 0 radical (unpaired) electrons. The summed E-state index contributed by atoms with van der Waals surface area (Å²) in [5, 5.41) is 9.87. The molecule has 0 aliphatic carbocycles. The first-order valence-electron chi connectivity index (χ1n) is 14.7. The molecule has 3 N–H and O–H groups in total. The van der Waals surface area contributed by atoms with E-state index in [1.165, 1.54) is 0 Å². The lowest BCUT2D eigenvalue weighted by atomic mass is 9.82. The van der Waals surface area contributed by atoms with Crippen LogP contribution in [0.3, 0.4) is 0 Å². The van der Waals surface area contributed by atoms with Crippen LogP contribution in [-0.2, 0) is 22.5 Å². The van der Waals surface area contributed by atoms with Crippen molar-refractivity contribution in [2.45, 2.75) is 31.0 Å². The number of benzene rings is 4. The zero-order valence-corrected chi connectivity index (χ0v) is 27.0. The van der Waals surface area contributed by atoms with E-state index in [0.29, 0.717) is 51.4 Å². The van der Waals surface area contributed by atoms with E-state index in [-0.39, 0.29) is 25.5 Å². The standard InChI is InChI=1S/C35H35Cl2N3O6/c1-43-28-15-11-25(31(20-28)44-2)22-38-40-34(42)35(21-23-7-4-3-5-8-23)32(29-16-12-26(36)19-30(29)37)46-33(39-35)24-9-13-27(14-10-24)45-18-6-17-41/h3-5,7-16,19-20,32,38,41H,6,17-18,21-22H2,1-2H3,(H,40,42)/t32-,35-/m0/s1. The van der Waals surface area contributed by atoms with Crippen molar-refractivity contribution in [1.29, 1.82) is 0 Å². The molecule has 0 saturated heterocycles. The van der Waals surface area contributed by atoms with Crippen LogP contribution in [0.25, 0.3) is 0 Å². The Bertz CT molecular complexity index is 1670. The van der Waals surface area contributed by atoms with Crippen molar-refractivity contribution in [3.05, 3.63) is 123 Å². The number of rotatable bonds is 14. The molecule has 4 aromatic rings. The van der Waals surface area contributed by atoms with Gasteiger partial charge in [-0.1, -0.05) is 65.7 Å². The number of carbonyl (C=O) groups excluding carboxylic acids is 1. The van der Waals surface area contributed by atoms with Gasteiger partial charge in [0, 0.05) is 58.8 Å². The maximum Gasteiger partial charge on any atom is 0.266 e. The second-order valence-electron chi connectivity index (χ2n) is 10.6. The van der Waals surface area contributed by atoms with Crippen molar-refractivity contribution in [3.8, 4) is 17.2 Å². The number of hydrogen-bond donors (Lipinski definition) is 3. The molecule has 11 heteroatoms. The molecule has 1 aliphatic rings. The highest BCUT2D eigenvalue weighted by Gasteiger charge is 2.54. The van der Waals surface area contributed by atoms with Crippen LogP contribution >= 0.6 is 23.2 Å². The van der Waals surface area contributed by atoms with Gasteiger partial charge in [-0.05, 0) is 48.0 Å². The van der Waals surface area contributed by atoms with Gasteiger partial charge in [-0.25, -0.2) is 10.4 Å². The summed E-state index contributed by atoms with van der Waals surface area (Å²) < 4.78 is 23.1. The van der Waals surface area contributed by atoms with Gasteiger partial charge >= 0.3 is 0 Å². The summed E-state index contributed by atoms with van der Waals surface area (Å²) in [7, 11) is 3.16. The average Bonchev–Trinajstić information content (AvgIpc) is 3.45. The maximum absolute atomic E-state index is 14.4. The molecule has 5 rings (SSSR count). The maximum atomic E-state index is 14.4. The molecule has 2 atom stereocenters. The molecule has 9 nitrogen and oxygen atoms in total. The van der Waals surface area contributed by atoms with Crippen LogP contribution in [0.4, 0.5) is 0 Å². The van der Waals surface area contributed by atoms with Gasteiger partial charge in [-0.2, -0.15) is 0 Å². The zero-order valence-electron chi connectivity index (χ0n) is 25.5. The first kappa shape index (κ1) is 33.1. The third-order valence-electron chi connectivity index (χ3n) is 7.57. The first-order valence-corrected chi connectivity index (χ1v) is 15.5. The predicted molar refractivity (Wildman–Crippen MR) is 178 cm³/mol. The van der Waals surface area contributed by atoms with Crippen molar-refractivity contribution in [1.82, 2.24) is 10.9 Å². The highest BCUT2D eigenvalue weighted by molar-refractivity contribution is 6.35. The van der Waals surface area contributed by atoms with Crippen molar-refractivity contribution in [3.63, 3.8) is 0 Å². The van der Waals surface area contributed by atoms with Crippen LogP contribution < -0.4 is 25.1 Å². The van der Waals surface area contributed by atoms with Gasteiger partial charge in [0.25, 0.3) is 5.91 Å². The number of aliphatic hydroxyl groups excluding tert-OH is 1. The molecule has 0 saturated carbocycles. The highest BCUT2D eigenvalue weighted by Crippen LogP contribution is 2.45. The van der Waals surface area contributed by atoms with E-state index in [1.807, 2.05) is 54.6 Å². The van der Waals surface area contributed by atoms with Gasteiger partial charge in [-0.15, -0.1) is 0 Å². The lowest BCUT2D eigenvalue weighted by molar-refractivity contribution is -0.130. The molecule has 1 heterocycles. The lowest BCUT2D eigenvalue weighted by Crippen LogP contribution is -2.53. The summed E-state index contributed by atoms with van der Waals surface area (Å²) in [6, 6.07) is 27.4. The van der Waals surface area contributed by atoms with Crippen LogP contribution in [0.5, 0.6) is 17.2 Å². The molecule has 240 valence electrons. The highest BCUT2D eigenvalue weighted by atomic mass is 35.5. The minimum atomic E-state index is -1.47. The number of carbonyl (C=O) groups is 1. The fourth-order valence-electron chi connectivity index (χ4n) is 5.21. The SMILES string of the molecule is COc1ccc(CNNC(=O)[C@@]2(Cc3ccccc3)N=C(c3ccc(OCCCO)cc3)O[C@H]2c2ccc(Cl)cc2Cl)c(OC)c1. The molecular formula is C35H35Cl2N3O6. The Hall–Kier alpha value is -4.28. The number of aliphatic imine (C=N–C) groups is 1. The predicted octanol–water partition coefficient (Wildman–Crippen LogP) is 6.09. The van der Waals surface area contributed by atoms with Gasteiger partial charge < -0.3 is 24.1 Å². The average molecular weight is 665 g/mol. The normalized spacial score (nSPS) is 17.2. The van der Waals surface area contributed by atoms with Crippen LogP contribution in [0.2, 0.25) is 10.0 Å². The number of ether oxygens (including phenoxy) is 4. The van der Waals surface area contributed by atoms with Gasteiger partial charge in [0.1, 0.15) is 17.2 Å². The first-order chi connectivity index (χ1) is 22.4. The summed E-state index contributed by atoms with van der Waals surface area (Å²) in [5.41, 5.74) is 7.37. The Morgan fingerprint density at radius 1 is 0.957 bits per heavy atom. The van der Waals surface area contributed by atoms with E-state index in [1.54, 1.807) is 50.6 Å². The van der Waals surface area contributed by atoms with E-state index in [0.717, 1.165) is 11.1 Å². The van der Waals surface area contributed by atoms with Crippen LogP contribution in [0, 0.1) is 0 Å². The molecule has 46 heavy (non-hydrogen) atoms.